The Labute approximate surface area is 134 Å². The van der Waals surface area contributed by atoms with Crippen molar-refractivity contribution in [3.63, 3.8) is 0 Å². The quantitative estimate of drug-likeness (QED) is 0.868. The number of hydrogen-bond acceptors (Lipinski definition) is 3. The summed E-state index contributed by atoms with van der Waals surface area (Å²) >= 11 is 0. The summed E-state index contributed by atoms with van der Waals surface area (Å²) in [7, 11) is 1.80. The molecule has 0 bridgehead atoms. The van der Waals surface area contributed by atoms with Gasteiger partial charge in [-0.1, -0.05) is 6.92 Å². The molecule has 1 N–H and O–H groups in total. The lowest BCUT2D eigenvalue weighted by Crippen LogP contribution is -2.47. The SMILES string of the molecule is CCCN(C)C(=O)NCC1CCCN(C(=O)OC(C)(C)C)C1. The van der Waals surface area contributed by atoms with Gasteiger partial charge in [-0.3, -0.25) is 0 Å². The predicted molar refractivity (Wildman–Crippen MR) is 86.9 cm³/mol. The van der Waals surface area contributed by atoms with E-state index in [1.807, 2.05) is 27.7 Å². The van der Waals surface area contributed by atoms with E-state index in [0.29, 0.717) is 19.0 Å². The van der Waals surface area contributed by atoms with Crippen molar-refractivity contribution in [1.29, 1.82) is 0 Å². The number of rotatable bonds is 4. The van der Waals surface area contributed by atoms with Gasteiger partial charge in [0.15, 0.2) is 0 Å². The van der Waals surface area contributed by atoms with Crippen molar-refractivity contribution in [3.05, 3.63) is 0 Å². The number of carbonyl (C=O) groups excluding carboxylic acids is 2. The molecule has 0 aromatic rings. The van der Waals surface area contributed by atoms with Gasteiger partial charge in [-0.2, -0.15) is 0 Å². The zero-order chi connectivity index (χ0) is 16.8. The summed E-state index contributed by atoms with van der Waals surface area (Å²) in [5.41, 5.74) is -0.471. The van der Waals surface area contributed by atoms with Crippen LogP contribution in [0.1, 0.15) is 47.0 Å². The number of hydrogen-bond donors (Lipinski definition) is 1. The van der Waals surface area contributed by atoms with E-state index in [4.69, 9.17) is 4.74 Å². The Bertz CT molecular complexity index is 379. The largest absolute Gasteiger partial charge is 0.444 e. The third kappa shape index (κ3) is 6.54. The van der Waals surface area contributed by atoms with Crippen molar-refractivity contribution in [2.45, 2.75) is 52.6 Å². The molecule has 0 radical (unpaired) electrons. The van der Waals surface area contributed by atoms with Gasteiger partial charge in [0.25, 0.3) is 0 Å². The van der Waals surface area contributed by atoms with Crippen molar-refractivity contribution in [3.8, 4) is 0 Å². The number of urea groups is 1. The fourth-order valence-corrected chi connectivity index (χ4v) is 2.53. The normalized spacial score (nSPS) is 18.8. The minimum Gasteiger partial charge on any atom is -0.444 e. The van der Waals surface area contributed by atoms with Gasteiger partial charge in [-0.25, -0.2) is 9.59 Å². The Morgan fingerprint density at radius 1 is 1.36 bits per heavy atom. The van der Waals surface area contributed by atoms with Crippen LogP contribution in [0.5, 0.6) is 0 Å². The monoisotopic (exact) mass is 313 g/mol. The first-order chi connectivity index (χ1) is 10.2. The number of likely N-dealkylation sites (tertiary alicyclic amines) is 1. The summed E-state index contributed by atoms with van der Waals surface area (Å²) in [5, 5.41) is 2.95. The summed E-state index contributed by atoms with van der Waals surface area (Å²) in [6.07, 6.45) is 2.66. The zero-order valence-corrected chi connectivity index (χ0v) is 14.6. The van der Waals surface area contributed by atoms with Crippen LogP contribution in [0.4, 0.5) is 9.59 Å². The summed E-state index contributed by atoms with van der Waals surface area (Å²) in [6.45, 7) is 10.4. The fraction of sp³-hybridized carbons (Fsp3) is 0.875. The lowest BCUT2D eigenvalue weighted by atomic mass is 9.98. The zero-order valence-electron chi connectivity index (χ0n) is 14.6. The molecular weight excluding hydrogens is 282 g/mol. The number of amides is 3. The van der Waals surface area contributed by atoms with Crippen molar-refractivity contribution in [1.82, 2.24) is 15.1 Å². The minimum absolute atomic E-state index is 0.0451. The van der Waals surface area contributed by atoms with Crippen LogP contribution in [0.15, 0.2) is 0 Å². The van der Waals surface area contributed by atoms with Crippen LogP contribution >= 0.6 is 0 Å². The van der Waals surface area contributed by atoms with Gasteiger partial charge in [0, 0.05) is 33.2 Å². The number of piperidine rings is 1. The van der Waals surface area contributed by atoms with E-state index in [9.17, 15) is 9.59 Å². The number of nitrogens with zero attached hydrogens (tertiary/aromatic N) is 2. The van der Waals surface area contributed by atoms with Crippen molar-refractivity contribution < 1.29 is 14.3 Å². The van der Waals surface area contributed by atoms with E-state index >= 15 is 0 Å². The van der Waals surface area contributed by atoms with Crippen molar-refractivity contribution in [2.24, 2.45) is 5.92 Å². The summed E-state index contributed by atoms with van der Waals surface area (Å²) in [4.78, 5) is 27.4. The second kappa shape index (κ2) is 8.25. The van der Waals surface area contributed by atoms with Gasteiger partial charge in [-0.05, 0) is 46.0 Å². The highest BCUT2D eigenvalue weighted by Gasteiger charge is 2.27. The Morgan fingerprint density at radius 2 is 2.05 bits per heavy atom. The third-order valence-corrected chi connectivity index (χ3v) is 3.62. The first-order valence-corrected chi connectivity index (χ1v) is 8.20. The molecule has 1 heterocycles. The fourth-order valence-electron chi connectivity index (χ4n) is 2.53. The highest BCUT2D eigenvalue weighted by atomic mass is 16.6. The van der Waals surface area contributed by atoms with Gasteiger partial charge in [0.1, 0.15) is 5.60 Å². The van der Waals surface area contributed by atoms with E-state index < -0.39 is 5.60 Å². The number of nitrogens with one attached hydrogen (secondary N) is 1. The molecular formula is C16H31N3O3. The van der Waals surface area contributed by atoms with Gasteiger partial charge < -0.3 is 19.9 Å². The smallest absolute Gasteiger partial charge is 0.410 e. The van der Waals surface area contributed by atoms with Crippen molar-refractivity contribution in [2.75, 3.05) is 33.2 Å². The molecule has 1 unspecified atom stereocenters. The molecule has 1 rings (SSSR count). The van der Waals surface area contributed by atoms with Gasteiger partial charge in [-0.15, -0.1) is 0 Å². The van der Waals surface area contributed by atoms with E-state index in [-0.39, 0.29) is 12.1 Å². The average molecular weight is 313 g/mol. The predicted octanol–water partition coefficient (Wildman–Crippen LogP) is 2.68. The Morgan fingerprint density at radius 3 is 2.64 bits per heavy atom. The molecule has 1 saturated heterocycles. The first kappa shape index (κ1) is 18.6. The van der Waals surface area contributed by atoms with Crippen LogP contribution in [0.25, 0.3) is 0 Å². The van der Waals surface area contributed by atoms with Gasteiger partial charge in [0.2, 0.25) is 0 Å². The molecule has 0 aromatic heterocycles. The van der Waals surface area contributed by atoms with Gasteiger partial charge >= 0.3 is 12.1 Å². The number of ether oxygens (including phenoxy) is 1. The molecule has 6 heteroatoms. The molecule has 128 valence electrons. The minimum atomic E-state index is -0.471. The number of carbonyl (C=O) groups is 2. The summed E-state index contributed by atoms with van der Waals surface area (Å²) < 4.78 is 5.41. The second-order valence-electron chi connectivity index (χ2n) is 7.04. The first-order valence-electron chi connectivity index (χ1n) is 8.20. The topological polar surface area (TPSA) is 61.9 Å². The van der Waals surface area contributed by atoms with Crippen molar-refractivity contribution >= 4 is 12.1 Å². The van der Waals surface area contributed by atoms with E-state index in [2.05, 4.69) is 5.32 Å². The van der Waals surface area contributed by atoms with E-state index in [0.717, 1.165) is 32.4 Å². The molecule has 0 saturated carbocycles. The van der Waals surface area contributed by atoms with Crippen LogP contribution in [0, 0.1) is 5.92 Å². The Hall–Kier alpha value is -1.46. The molecule has 0 aliphatic carbocycles. The molecule has 1 aliphatic heterocycles. The Balaban J connectivity index is 2.40. The average Bonchev–Trinajstić information content (AvgIpc) is 2.43. The van der Waals surface area contributed by atoms with Crippen LogP contribution in [-0.4, -0.2) is 60.8 Å². The van der Waals surface area contributed by atoms with E-state index in [1.54, 1.807) is 16.8 Å². The van der Waals surface area contributed by atoms with Gasteiger partial charge in [0.05, 0.1) is 0 Å². The van der Waals surface area contributed by atoms with Crippen LogP contribution in [0.3, 0.4) is 0 Å². The maximum atomic E-state index is 12.1. The second-order valence-corrected chi connectivity index (χ2v) is 7.04. The highest BCUT2D eigenvalue weighted by Crippen LogP contribution is 2.18. The molecule has 0 spiro atoms. The Kier molecular flexibility index (Phi) is 6.97. The standard InChI is InChI=1S/C16H31N3O3/c1-6-9-18(5)14(20)17-11-13-8-7-10-19(12-13)15(21)22-16(2,3)4/h13H,6-12H2,1-5H3,(H,17,20). The molecule has 1 aliphatic rings. The summed E-state index contributed by atoms with van der Waals surface area (Å²) in [6, 6.07) is -0.0451. The van der Waals surface area contributed by atoms with E-state index in [1.165, 1.54) is 0 Å². The maximum Gasteiger partial charge on any atom is 0.410 e. The molecule has 22 heavy (non-hydrogen) atoms. The maximum absolute atomic E-state index is 12.1. The third-order valence-electron chi connectivity index (χ3n) is 3.62. The van der Waals surface area contributed by atoms with Crippen LogP contribution < -0.4 is 5.32 Å². The molecule has 1 atom stereocenters. The molecule has 6 nitrogen and oxygen atoms in total. The molecule has 0 aromatic carbocycles. The lowest BCUT2D eigenvalue weighted by Gasteiger charge is -2.34. The van der Waals surface area contributed by atoms with Crippen LogP contribution in [0.2, 0.25) is 0 Å². The lowest BCUT2D eigenvalue weighted by molar-refractivity contribution is 0.0167. The molecule has 3 amide bonds. The molecule has 1 fully saturated rings. The van der Waals surface area contributed by atoms with Crippen LogP contribution in [-0.2, 0) is 4.74 Å². The highest BCUT2D eigenvalue weighted by molar-refractivity contribution is 5.73. The summed E-state index contributed by atoms with van der Waals surface area (Å²) in [5.74, 6) is 0.292.